The molecule has 2 aromatic carbocycles. The number of hydrogen-bond donors (Lipinski definition) is 0. The van der Waals surface area contributed by atoms with E-state index in [4.69, 9.17) is 0 Å². The van der Waals surface area contributed by atoms with E-state index in [-0.39, 0.29) is 0 Å². The lowest BCUT2D eigenvalue weighted by Crippen LogP contribution is -1.93. The first-order chi connectivity index (χ1) is 10.9. The lowest BCUT2D eigenvalue weighted by Gasteiger charge is -2.02. The summed E-state index contributed by atoms with van der Waals surface area (Å²) < 4.78 is 1.81. The van der Waals surface area contributed by atoms with Gasteiger partial charge in [0.05, 0.1) is 11.9 Å². The molecule has 0 aliphatic carbocycles. The molecule has 0 N–H and O–H groups in total. The van der Waals surface area contributed by atoms with Gasteiger partial charge in [0, 0.05) is 5.56 Å². The number of rotatable bonds is 6. The van der Waals surface area contributed by atoms with Gasteiger partial charge in [-0.3, -0.25) is 0 Å². The van der Waals surface area contributed by atoms with Crippen molar-refractivity contribution in [2.75, 3.05) is 0 Å². The average Bonchev–Trinajstić information content (AvgIpc) is 3.07. The van der Waals surface area contributed by atoms with Crippen LogP contribution in [0, 0.1) is 0 Å². The minimum Gasteiger partial charge on any atom is -0.220 e. The van der Waals surface area contributed by atoms with E-state index in [1.54, 1.807) is 0 Å². The van der Waals surface area contributed by atoms with Gasteiger partial charge in [0.2, 0.25) is 0 Å². The van der Waals surface area contributed by atoms with Crippen LogP contribution >= 0.6 is 0 Å². The standard InChI is InChI=1S/C19H21N3/c1-2-3-5-8-16-11-13-17(14-12-16)19-15-22(21-20-19)18-9-6-4-7-10-18/h4,6-7,9-15H,2-3,5,8H2,1H3. The molecule has 0 amide bonds. The lowest BCUT2D eigenvalue weighted by molar-refractivity contribution is 0.717. The zero-order valence-corrected chi connectivity index (χ0v) is 12.9. The van der Waals surface area contributed by atoms with Crippen LogP contribution in [0.2, 0.25) is 0 Å². The summed E-state index contributed by atoms with van der Waals surface area (Å²) in [5.41, 5.74) is 4.44. The highest BCUT2D eigenvalue weighted by Gasteiger charge is 2.05. The van der Waals surface area contributed by atoms with Crippen LogP contribution < -0.4 is 0 Å². The lowest BCUT2D eigenvalue weighted by atomic mass is 10.0. The largest absolute Gasteiger partial charge is 0.220 e. The third-order valence-electron chi connectivity index (χ3n) is 3.83. The summed E-state index contributed by atoms with van der Waals surface area (Å²) in [7, 11) is 0. The number of aromatic nitrogens is 3. The third kappa shape index (κ3) is 3.42. The molecule has 1 aromatic heterocycles. The maximum atomic E-state index is 4.28. The Bertz CT molecular complexity index is 699. The molecule has 3 heteroatoms. The van der Waals surface area contributed by atoms with Gasteiger partial charge in [0.25, 0.3) is 0 Å². The second-order valence-corrected chi connectivity index (χ2v) is 5.54. The van der Waals surface area contributed by atoms with Crippen molar-refractivity contribution in [3.63, 3.8) is 0 Å². The Kier molecular flexibility index (Phi) is 4.64. The zero-order chi connectivity index (χ0) is 15.2. The predicted octanol–water partition coefficient (Wildman–Crippen LogP) is 4.67. The Hall–Kier alpha value is -2.42. The molecule has 112 valence electrons. The van der Waals surface area contributed by atoms with Crippen molar-refractivity contribution in [1.29, 1.82) is 0 Å². The van der Waals surface area contributed by atoms with Crippen LogP contribution in [0.3, 0.4) is 0 Å². The van der Waals surface area contributed by atoms with E-state index in [1.807, 2.05) is 41.2 Å². The molecular weight excluding hydrogens is 270 g/mol. The SMILES string of the molecule is CCCCCc1ccc(-c2cn(-c3ccccc3)nn2)cc1. The molecule has 0 bridgehead atoms. The fraction of sp³-hybridized carbons (Fsp3) is 0.263. The van der Waals surface area contributed by atoms with E-state index in [1.165, 1.54) is 24.8 Å². The maximum absolute atomic E-state index is 4.28. The first kappa shape index (κ1) is 14.5. The summed E-state index contributed by atoms with van der Waals surface area (Å²) in [5.74, 6) is 0. The van der Waals surface area contributed by atoms with Crippen LogP contribution in [0.5, 0.6) is 0 Å². The number of benzene rings is 2. The average molecular weight is 291 g/mol. The number of aryl methyl sites for hydroxylation is 1. The molecule has 0 aliphatic rings. The molecule has 0 unspecified atom stereocenters. The highest BCUT2D eigenvalue weighted by atomic mass is 15.4. The summed E-state index contributed by atoms with van der Waals surface area (Å²) in [6.45, 7) is 2.24. The molecular formula is C19H21N3. The molecule has 0 fully saturated rings. The van der Waals surface area contributed by atoms with Crippen LogP contribution in [-0.2, 0) is 6.42 Å². The Morgan fingerprint density at radius 2 is 1.68 bits per heavy atom. The molecule has 1 heterocycles. The van der Waals surface area contributed by atoms with Gasteiger partial charge < -0.3 is 0 Å². The fourth-order valence-electron chi connectivity index (χ4n) is 2.52. The quantitative estimate of drug-likeness (QED) is 0.618. The Balaban J connectivity index is 1.73. The van der Waals surface area contributed by atoms with Gasteiger partial charge in [-0.25, -0.2) is 4.68 Å². The monoisotopic (exact) mass is 291 g/mol. The maximum Gasteiger partial charge on any atom is 0.113 e. The third-order valence-corrected chi connectivity index (χ3v) is 3.83. The van der Waals surface area contributed by atoms with E-state index >= 15 is 0 Å². The fourth-order valence-corrected chi connectivity index (χ4v) is 2.52. The van der Waals surface area contributed by atoms with Gasteiger partial charge in [-0.2, -0.15) is 0 Å². The predicted molar refractivity (Wildman–Crippen MR) is 90.0 cm³/mol. The van der Waals surface area contributed by atoms with Gasteiger partial charge in [-0.05, 0) is 30.5 Å². The van der Waals surface area contributed by atoms with Crippen LogP contribution in [0.1, 0.15) is 31.7 Å². The van der Waals surface area contributed by atoms with E-state index < -0.39 is 0 Å². The van der Waals surface area contributed by atoms with Crippen LogP contribution in [0.15, 0.2) is 60.8 Å². The van der Waals surface area contributed by atoms with E-state index in [0.29, 0.717) is 0 Å². The molecule has 22 heavy (non-hydrogen) atoms. The summed E-state index contributed by atoms with van der Waals surface area (Å²) in [6, 6.07) is 18.7. The van der Waals surface area contributed by atoms with Gasteiger partial charge in [-0.15, -0.1) is 5.10 Å². The molecule has 3 aromatic rings. The van der Waals surface area contributed by atoms with Gasteiger partial charge in [-0.1, -0.05) is 67.4 Å². The summed E-state index contributed by atoms with van der Waals surface area (Å²) in [5, 5.41) is 8.49. The smallest absolute Gasteiger partial charge is 0.113 e. The summed E-state index contributed by atoms with van der Waals surface area (Å²) in [6.07, 6.45) is 6.96. The van der Waals surface area contributed by atoms with Crippen molar-refractivity contribution in [3.05, 3.63) is 66.4 Å². The minimum atomic E-state index is 0.906. The number of para-hydroxylation sites is 1. The van der Waals surface area contributed by atoms with Crippen LogP contribution in [0.4, 0.5) is 0 Å². The first-order valence-electron chi connectivity index (χ1n) is 7.94. The van der Waals surface area contributed by atoms with Crippen molar-refractivity contribution in [3.8, 4) is 16.9 Å². The van der Waals surface area contributed by atoms with Crippen molar-refractivity contribution in [2.24, 2.45) is 0 Å². The van der Waals surface area contributed by atoms with Crippen molar-refractivity contribution >= 4 is 0 Å². The Morgan fingerprint density at radius 3 is 2.41 bits per heavy atom. The van der Waals surface area contributed by atoms with E-state index in [2.05, 4.69) is 41.5 Å². The molecule has 3 rings (SSSR count). The molecule has 0 saturated carbocycles. The molecule has 0 aliphatic heterocycles. The number of unbranched alkanes of at least 4 members (excludes halogenated alkanes) is 2. The molecule has 0 saturated heterocycles. The van der Waals surface area contributed by atoms with E-state index in [0.717, 1.165) is 23.4 Å². The van der Waals surface area contributed by atoms with Crippen LogP contribution in [-0.4, -0.2) is 15.0 Å². The topological polar surface area (TPSA) is 30.7 Å². The highest BCUT2D eigenvalue weighted by Crippen LogP contribution is 2.19. The van der Waals surface area contributed by atoms with Gasteiger partial charge in [0.15, 0.2) is 0 Å². The van der Waals surface area contributed by atoms with Gasteiger partial charge in [0.1, 0.15) is 5.69 Å². The molecule has 0 atom stereocenters. The summed E-state index contributed by atoms with van der Waals surface area (Å²) >= 11 is 0. The molecule has 3 nitrogen and oxygen atoms in total. The normalized spacial score (nSPS) is 10.8. The van der Waals surface area contributed by atoms with Crippen molar-refractivity contribution in [1.82, 2.24) is 15.0 Å². The van der Waals surface area contributed by atoms with Crippen molar-refractivity contribution < 1.29 is 0 Å². The Labute approximate surface area is 131 Å². The minimum absolute atomic E-state index is 0.906. The van der Waals surface area contributed by atoms with E-state index in [9.17, 15) is 0 Å². The van der Waals surface area contributed by atoms with Crippen LogP contribution in [0.25, 0.3) is 16.9 Å². The second-order valence-electron chi connectivity index (χ2n) is 5.54. The number of hydrogen-bond acceptors (Lipinski definition) is 2. The Morgan fingerprint density at radius 1 is 0.909 bits per heavy atom. The number of nitrogens with zero attached hydrogens (tertiary/aromatic N) is 3. The zero-order valence-electron chi connectivity index (χ0n) is 12.9. The summed E-state index contributed by atoms with van der Waals surface area (Å²) in [4.78, 5) is 0. The molecule has 0 radical (unpaired) electrons. The van der Waals surface area contributed by atoms with Gasteiger partial charge >= 0.3 is 0 Å². The van der Waals surface area contributed by atoms with Crippen molar-refractivity contribution in [2.45, 2.75) is 32.6 Å². The molecule has 0 spiro atoms. The first-order valence-corrected chi connectivity index (χ1v) is 7.94. The second kappa shape index (κ2) is 7.03. The highest BCUT2D eigenvalue weighted by molar-refractivity contribution is 5.58.